The Morgan fingerprint density at radius 2 is 0.881 bits per heavy atom. The van der Waals surface area contributed by atoms with Crippen molar-refractivity contribution in [1.29, 1.82) is 0 Å². The van der Waals surface area contributed by atoms with Crippen LogP contribution in [-0.4, -0.2) is 13.2 Å². The van der Waals surface area contributed by atoms with Gasteiger partial charge in [0.05, 0.1) is 13.2 Å². The lowest BCUT2D eigenvalue weighted by Gasteiger charge is -2.60. The first-order valence-corrected chi connectivity index (χ1v) is 25.6. The molecule has 2 aliphatic heterocycles. The third kappa shape index (κ3) is 2.61. The molecule has 17 aliphatic carbocycles. The molecule has 0 radical (unpaired) electrons. The fourth-order valence-corrected chi connectivity index (χ4v) is 26.2. The molecule has 19 aliphatic rings. The Kier molecular flexibility index (Phi) is 4.34. The summed E-state index contributed by atoms with van der Waals surface area (Å²) < 4.78 is 11.8. The van der Waals surface area contributed by atoms with Crippen molar-refractivity contribution in [3.05, 3.63) is 117 Å². The molecule has 21 rings (SSSR count). The molecule has 0 aromatic heterocycles. The number of fused-ring (bicyclic) bond motifs is 8. The molecule has 0 bridgehead atoms. The molecule has 2 nitrogen and oxygen atoms in total. The van der Waals surface area contributed by atoms with E-state index in [0.29, 0.717) is 24.0 Å². The predicted octanol–water partition coefficient (Wildman–Crippen LogP) is 9.87. The van der Waals surface area contributed by atoms with Crippen molar-refractivity contribution in [2.75, 3.05) is 13.2 Å². The van der Waals surface area contributed by atoms with Crippen molar-refractivity contribution < 1.29 is 9.47 Å². The minimum Gasteiger partial charge on any atom is -0.368 e. The van der Waals surface area contributed by atoms with E-state index in [1.807, 2.05) is 0 Å². The van der Waals surface area contributed by atoms with E-state index in [4.69, 9.17) is 9.47 Å². The van der Waals surface area contributed by atoms with Gasteiger partial charge in [-0.15, -0.1) is 0 Å². The zero-order chi connectivity index (χ0) is 36.6. The molecule has 0 amide bonds. The quantitative estimate of drug-likeness (QED) is 0.229. The fraction of sp³-hybridized carbons (Fsp3) is 0.649. The van der Waals surface area contributed by atoms with Gasteiger partial charge in [0, 0.05) is 11.3 Å². The summed E-state index contributed by atoms with van der Waals surface area (Å²) in [6.07, 6.45) is 18.8. The van der Waals surface area contributed by atoms with E-state index in [9.17, 15) is 0 Å². The summed E-state index contributed by atoms with van der Waals surface area (Å²) in [4.78, 5) is 0. The fourth-order valence-electron chi connectivity index (χ4n) is 26.2. The van der Waals surface area contributed by atoms with Crippen LogP contribution in [0.2, 0.25) is 0 Å². The van der Waals surface area contributed by atoms with Crippen LogP contribution in [0.1, 0.15) is 60.1 Å². The van der Waals surface area contributed by atoms with Crippen molar-refractivity contribution in [3.63, 3.8) is 0 Å². The molecule has 2 aromatic carbocycles. The van der Waals surface area contributed by atoms with Gasteiger partial charge in [0.2, 0.25) is 0 Å². The number of rotatable bonds is 4. The van der Waals surface area contributed by atoms with Crippen LogP contribution in [0.25, 0.3) is 0 Å². The van der Waals surface area contributed by atoms with Crippen LogP contribution in [0.4, 0.5) is 0 Å². The monoisotopic (exact) mass is 770 g/mol. The molecule has 30 atom stereocenters. The third-order valence-electron chi connectivity index (χ3n) is 25.9. The summed E-state index contributed by atoms with van der Waals surface area (Å²) in [5, 5.41) is 0. The molecule has 13 fully saturated rings. The first kappa shape index (κ1) is 29.6. The van der Waals surface area contributed by atoms with Gasteiger partial charge in [-0.3, -0.25) is 0 Å². The lowest BCUT2D eigenvalue weighted by Crippen LogP contribution is -2.57. The van der Waals surface area contributed by atoms with Crippen LogP contribution in [0.5, 0.6) is 0 Å². The molecule has 2 heterocycles. The van der Waals surface area contributed by atoms with Crippen molar-refractivity contribution in [2.24, 2.45) is 166 Å². The van der Waals surface area contributed by atoms with E-state index in [0.717, 1.165) is 167 Å². The predicted molar refractivity (Wildman–Crippen MR) is 220 cm³/mol. The van der Waals surface area contributed by atoms with Crippen molar-refractivity contribution in [1.82, 2.24) is 0 Å². The Morgan fingerprint density at radius 3 is 1.59 bits per heavy atom. The Bertz CT molecular complexity index is 2540. The highest BCUT2D eigenvalue weighted by molar-refractivity contribution is 5.64. The number of hydrogen-bond donors (Lipinski definition) is 0. The molecule has 2 heteroatoms. The summed E-state index contributed by atoms with van der Waals surface area (Å²) in [6.45, 7) is 1.80. The highest BCUT2D eigenvalue weighted by Crippen LogP contribution is 2.93. The van der Waals surface area contributed by atoms with Gasteiger partial charge in [-0.25, -0.2) is 0 Å². The summed E-state index contributed by atoms with van der Waals surface area (Å²) in [5.41, 5.74) is 15.0. The van der Waals surface area contributed by atoms with Gasteiger partial charge in [-0.2, -0.15) is 0 Å². The highest BCUT2D eigenvalue weighted by Gasteiger charge is 2.89. The summed E-state index contributed by atoms with van der Waals surface area (Å²) >= 11 is 0. The molecule has 0 spiro atoms. The van der Waals surface area contributed by atoms with Gasteiger partial charge >= 0.3 is 0 Å². The van der Waals surface area contributed by atoms with Crippen LogP contribution >= 0.6 is 0 Å². The lowest BCUT2D eigenvalue weighted by atomic mass is 9.44. The zero-order valence-electron chi connectivity index (χ0n) is 33.8. The van der Waals surface area contributed by atoms with E-state index in [-0.39, 0.29) is 5.41 Å². The number of allylic oxidation sites excluding steroid dienone is 8. The van der Waals surface area contributed by atoms with E-state index >= 15 is 0 Å². The van der Waals surface area contributed by atoms with Crippen molar-refractivity contribution >= 4 is 0 Å². The molecule has 59 heavy (non-hydrogen) atoms. The number of benzene rings is 2. The SMILES string of the molecule is C1=CC2C3C=CC4C5CCC6C7CCC8C9C7C7C6C5C5C6C%10=C(C2C2C1C1=C%11C2C%10C(C9C%11C8C2C1C2(c1ccc(C2CO2)cc1)c1ccc(C2CO2)cc1)C67)C3C45. The molecule has 294 valence electrons. The summed E-state index contributed by atoms with van der Waals surface area (Å²) in [7, 11) is 0. The van der Waals surface area contributed by atoms with Crippen LogP contribution in [0, 0.1) is 166 Å². The Labute approximate surface area is 347 Å². The van der Waals surface area contributed by atoms with Crippen LogP contribution in [0.15, 0.2) is 95.1 Å². The van der Waals surface area contributed by atoms with Crippen LogP contribution < -0.4 is 0 Å². The standard InChI is InChI=1S/C57H54O2/c1-5-21(6-2-19(1)31-17-58-31)57(22-7-3-20(4-8-22)32-18-59-32)55-41-29-15-13-27-25-11-9-23-24-10-12-26-28-14-16-30-40-38(28)45-36(26)34(24)43-33(23)35(25)44-37(27)39(29)46-48(41)49(42(30)56(55)57)47(40)54-52(45)50(43)51(44)53(46)54/h1-9,11,13,15,23-40,42-43,45-47,49-50,52-56H,10,12,14,16-18H2. The minimum atomic E-state index is 0.0942. The maximum absolute atomic E-state index is 5.88. The van der Waals surface area contributed by atoms with E-state index in [1.54, 1.807) is 36.8 Å². The number of hydrogen-bond acceptors (Lipinski definition) is 2. The second kappa shape index (κ2) is 8.66. The average Bonchev–Trinajstić information content (AvgIpc) is 4.22. The van der Waals surface area contributed by atoms with E-state index < -0.39 is 0 Å². The van der Waals surface area contributed by atoms with E-state index in [2.05, 4.69) is 95.1 Å². The highest BCUT2D eigenvalue weighted by atomic mass is 16.6. The van der Waals surface area contributed by atoms with Gasteiger partial charge in [-0.05, 0) is 208 Å². The largest absolute Gasteiger partial charge is 0.368 e. The second-order valence-electron chi connectivity index (χ2n) is 25.5. The molecule has 2 aromatic rings. The zero-order valence-corrected chi connectivity index (χ0v) is 33.8. The summed E-state index contributed by atoms with van der Waals surface area (Å²) in [5.74, 6) is 26.6. The molecular weight excluding hydrogens is 717 g/mol. The maximum Gasteiger partial charge on any atom is 0.106 e. The average molecular weight is 771 g/mol. The van der Waals surface area contributed by atoms with Gasteiger partial charge in [0.1, 0.15) is 12.2 Å². The first-order chi connectivity index (χ1) is 29.3. The topological polar surface area (TPSA) is 25.1 Å². The van der Waals surface area contributed by atoms with E-state index in [1.165, 1.54) is 11.1 Å². The van der Waals surface area contributed by atoms with Gasteiger partial charge in [0.15, 0.2) is 0 Å². The minimum absolute atomic E-state index is 0.0942. The first-order valence-electron chi connectivity index (χ1n) is 25.6. The van der Waals surface area contributed by atoms with Crippen LogP contribution in [0.3, 0.4) is 0 Å². The Hall–Kier alpha value is -2.68. The second-order valence-corrected chi connectivity index (χ2v) is 25.5. The number of ether oxygens (including phenoxy) is 2. The molecule has 11 saturated carbocycles. The molecule has 30 unspecified atom stereocenters. The van der Waals surface area contributed by atoms with Crippen LogP contribution in [-0.2, 0) is 14.9 Å². The maximum atomic E-state index is 5.88. The lowest BCUT2D eigenvalue weighted by molar-refractivity contribution is -0.127. The Balaban J connectivity index is 0.875. The normalized spacial score (nSPS) is 67.3. The van der Waals surface area contributed by atoms with Crippen molar-refractivity contribution in [3.8, 4) is 0 Å². The van der Waals surface area contributed by atoms with Gasteiger partial charge < -0.3 is 9.47 Å². The van der Waals surface area contributed by atoms with Gasteiger partial charge in [-0.1, -0.05) is 95.1 Å². The third-order valence-corrected chi connectivity index (χ3v) is 25.9. The smallest absolute Gasteiger partial charge is 0.106 e. The van der Waals surface area contributed by atoms with Gasteiger partial charge in [0.25, 0.3) is 0 Å². The van der Waals surface area contributed by atoms with Crippen molar-refractivity contribution in [2.45, 2.75) is 43.3 Å². The number of epoxide rings is 2. The summed E-state index contributed by atoms with van der Waals surface area (Å²) in [6, 6.07) is 20.6. The molecule has 0 N–H and O–H groups in total. The molecule has 2 saturated heterocycles. The Morgan fingerprint density at radius 1 is 0.390 bits per heavy atom. The molecular formula is C57H54O2.